The van der Waals surface area contributed by atoms with Crippen molar-refractivity contribution in [1.82, 2.24) is 15.3 Å². The smallest absolute Gasteiger partial charge is 0.253 e. The Morgan fingerprint density at radius 2 is 1.96 bits per heavy atom. The van der Waals surface area contributed by atoms with Crippen LogP contribution in [0.25, 0.3) is 21.8 Å². The van der Waals surface area contributed by atoms with Gasteiger partial charge >= 0.3 is 0 Å². The van der Waals surface area contributed by atoms with Crippen molar-refractivity contribution in [2.45, 2.75) is 13.5 Å². The summed E-state index contributed by atoms with van der Waals surface area (Å²) in [4.78, 5) is 20.5. The van der Waals surface area contributed by atoms with Crippen LogP contribution in [0.3, 0.4) is 0 Å². The number of hydrogen-bond acceptors (Lipinski definition) is 3. The van der Waals surface area contributed by atoms with Gasteiger partial charge in [0.1, 0.15) is 5.75 Å². The first-order valence-electron chi connectivity index (χ1n) is 8.44. The summed E-state index contributed by atoms with van der Waals surface area (Å²) in [5.41, 5.74) is 4.15. The van der Waals surface area contributed by atoms with Gasteiger partial charge in [-0.25, -0.2) is 0 Å². The molecule has 2 aromatic carbocycles. The van der Waals surface area contributed by atoms with Crippen LogP contribution in [0.2, 0.25) is 0 Å². The number of hydrogen-bond donors (Lipinski definition) is 2. The van der Waals surface area contributed by atoms with Crippen LogP contribution in [0.5, 0.6) is 5.75 Å². The molecular weight excluding hydrogens is 326 g/mol. The third kappa shape index (κ3) is 2.99. The Balaban J connectivity index is 1.57. The Morgan fingerprint density at radius 3 is 2.77 bits per heavy atom. The molecule has 26 heavy (non-hydrogen) atoms. The molecule has 0 spiro atoms. The van der Waals surface area contributed by atoms with E-state index in [1.54, 1.807) is 7.11 Å². The number of para-hydroxylation sites is 1. The van der Waals surface area contributed by atoms with E-state index in [4.69, 9.17) is 4.74 Å². The third-order valence-corrected chi connectivity index (χ3v) is 4.48. The first-order valence-corrected chi connectivity index (χ1v) is 8.44. The monoisotopic (exact) mass is 345 g/mol. The number of ether oxygens (including phenoxy) is 1. The van der Waals surface area contributed by atoms with Gasteiger partial charge in [0.05, 0.1) is 30.4 Å². The van der Waals surface area contributed by atoms with Gasteiger partial charge in [-0.15, -0.1) is 0 Å². The number of aromatic amines is 1. The highest BCUT2D eigenvalue weighted by Gasteiger charge is 2.12. The normalized spacial score (nSPS) is 11.0. The average molecular weight is 345 g/mol. The molecule has 0 aliphatic rings. The van der Waals surface area contributed by atoms with Crippen molar-refractivity contribution in [3.05, 3.63) is 71.5 Å². The number of methoxy groups -OCH3 is 1. The summed E-state index contributed by atoms with van der Waals surface area (Å²) in [6.07, 6.45) is 0. The standard InChI is InChI=1S/C21H19N3O2/c1-13-18(11-15-10-17(26-2)7-8-20(15)23-13)21(25)22-12-16-9-14-5-3-4-6-19(14)24-16/h3-11,24H,12H2,1-2H3,(H,22,25). The lowest BCUT2D eigenvalue weighted by Crippen LogP contribution is -2.24. The van der Waals surface area contributed by atoms with E-state index in [2.05, 4.69) is 15.3 Å². The fourth-order valence-corrected chi connectivity index (χ4v) is 3.11. The van der Waals surface area contributed by atoms with Gasteiger partial charge in [0.15, 0.2) is 0 Å². The lowest BCUT2D eigenvalue weighted by atomic mass is 10.1. The lowest BCUT2D eigenvalue weighted by Gasteiger charge is -2.09. The highest BCUT2D eigenvalue weighted by Crippen LogP contribution is 2.22. The van der Waals surface area contributed by atoms with Crippen LogP contribution in [0.4, 0.5) is 0 Å². The Hall–Kier alpha value is -3.34. The minimum atomic E-state index is -0.140. The second-order valence-electron chi connectivity index (χ2n) is 6.24. The second-order valence-corrected chi connectivity index (χ2v) is 6.24. The quantitative estimate of drug-likeness (QED) is 0.588. The van der Waals surface area contributed by atoms with Crippen molar-refractivity contribution in [1.29, 1.82) is 0 Å². The van der Waals surface area contributed by atoms with Crippen LogP contribution in [-0.4, -0.2) is 23.0 Å². The SMILES string of the molecule is COc1ccc2nc(C)c(C(=O)NCc3cc4ccccc4[nH]3)cc2c1. The highest BCUT2D eigenvalue weighted by atomic mass is 16.5. The molecule has 0 bridgehead atoms. The van der Waals surface area contributed by atoms with Crippen LogP contribution in [0, 0.1) is 6.92 Å². The van der Waals surface area contributed by atoms with Crippen LogP contribution in [-0.2, 0) is 6.54 Å². The number of benzene rings is 2. The number of pyridine rings is 1. The number of carbonyl (C=O) groups excluding carboxylic acids is 1. The minimum absolute atomic E-state index is 0.140. The van der Waals surface area contributed by atoms with E-state index in [9.17, 15) is 4.79 Å². The maximum atomic E-state index is 12.7. The molecule has 0 aliphatic heterocycles. The largest absolute Gasteiger partial charge is 0.497 e. The second kappa shape index (κ2) is 6.52. The molecule has 1 amide bonds. The Labute approximate surface area is 151 Å². The number of nitrogens with one attached hydrogen (secondary N) is 2. The van der Waals surface area contributed by atoms with Gasteiger partial charge in [-0.1, -0.05) is 18.2 Å². The fraction of sp³-hybridized carbons (Fsp3) is 0.143. The average Bonchev–Trinajstić information content (AvgIpc) is 3.08. The molecule has 0 saturated carbocycles. The maximum Gasteiger partial charge on any atom is 0.253 e. The van der Waals surface area contributed by atoms with Crippen molar-refractivity contribution < 1.29 is 9.53 Å². The summed E-state index contributed by atoms with van der Waals surface area (Å²) in [6.45, 7) is 2.28. The molecule has 0 saturated heterocycles. The summed E-state index contributed by atoms with van der Waals surface area (Å²) >= 11 is 0. The number of aromatic nitrogens is 2. The molecule has 0 fully saturated rings. The summed E-state index contributed by atoms with van der Waals surface area (Å²) < 4.78 is 5.25. The Morgan fingerprint density at radius 1 is 1.12 bits per heavy atom. The van der Waals surface area contributed by atoms with Crippen molar-refractivity contribution in [3.8, 4) is 5.75 Å². The fourth-order valence-electron chi connectivity index (χ4n) is 3.11. The van der Waals surface area contributed by atoms with Crippen molar-refractivity contribution >= 4 is 27.7 Å². The van der Waals surface area contributed by atoms with E-state index < -0.39 is 0 Å². The molecule has 0 atom stereocenters. The van der Waals surface area contributed by atoms with Crippen molar-refractivity contribution in [2.75, 3.05) is 7.11 Å². The van der Waals surface area contributed by atoms with Gasteiger partial charge in [0.25, 0.3) is 5.91 Å². The van der Waals surface area contributed by atoms with Gasteiger partial charge in [0.2, 0.25) is 0 Å². The molecule has 0 unspecified atom stereocenters. The first kappa shape index (κ1) is 16.1. The number of aryl methyl sites for hydroxylation is 1. The zero-order valence-corrected chi connectivity index (χ0v) is 14.7. The zero-order chi connectivity index (χ0) is 18.1. The summed E-state index contributed by atoms with van der Waals surface area (Å²) in [6, 6.07) is 17.6. The summed E-state index contributed by atoms with van der Waals surface area (Å²) in [5.74, 6) is 0.603. The predicted molar refractivity (Wildman–Crippen MR) is 103 cm³/mol. The molecule has 2 N–H and O–H groups in total. The Bertz CT molecular complexity index is 1080. The highest BCUT2D eigenvalue weighted by molar-refractivity contribution is 5.98. The molecule has 5 heteroatoms. The van der Waals surface area contributed by atoms with E-state index >= 15 is 0 Å². The molecule has 0 aliphatic carbocycles. The van der Waals surface area contributed by atoms with Crippen molar-refractivity contribution in [2.24, 2.45) is 0 Å². The summed E-state index contributed by atoms with van der Waals surface area (Å²) in [7, 11) is 1.62. The first-order chi connectivity index (χ1) is 12.6. The van der Waals surface area contributed by atoms with E-state index in [0.29, 0.717) is 17.8 Å². The van der Waals surface area contributed by atoms with Gasteiger partial charge in [-0.3, -0.25) is 9.78 Å². The molecular formula is C21H19N3O2. The van der Waals surface area contributed by atoms with Gasteiger partial charge in [0, 0.05) is 16.6 Å². The lowest BCUT2D eigenvalue weighted by molar-refractivity contribution is 0.0949. The number of rotatable bonds is 4. The zero-order valence-electron chi connectivity index (χ0n) is 14.7. The molecule has 4 aromatic rings. The predicted octanol–water partition coefficient (Wildman–Crippen LogP) is 3.96. The maximum absolute atomic E-state index is 12.7. The topological polar surface area (TPSA) is 67.0 Å². The van der Waals surface area contributed by atoms with Crippen LogP contribution >= 0.6 is 0 Å². The van der Waals surface area contributed by atoms with Crippen LogP contribution in [0.15, 0.2) is 54.6 Å². The summed E-state index contributed by atoms with van der Waals surface area (Å²) in [5, 5.41) is 4.98. The van der Waals surface area contributed by atoms with Gasteiger partial charge in [-0.05, 0) is 48.7 Å². The number of fused-ring (bicyclic) bond motifs is 2. The molecule has 0 radical (unpaired) electrons. The van der Waals surface area contributed by atoms with Gasteiger partial charge in [-0.2, -0.15) is 0 Å². The van der Waals surface area contributed by atoms with Crippen LogP contribution in [0.1, 0.15) is 21.7 Å². The molecule has 2 aromatic heterocycles. The number of carbonyl (C=O) groups is 1. The molecule has 5 nitrogen and oxygen atoms in total. The number of amides is 1. The number of nitrogens with zero attached hydrogens (tertiary/aromatic N) is 1. The van der Waals surface area contributed by atoms with E-state index in [-0.39, 0.29) is 5.91 Å². The number of H-pyrrole nitrogens is 1. The van der Waals surface area contributed by atoms with E-state index in [1.807, 2.05) is 61.5 Å². The van der Waals surface area contributed by atoms with Crippen LogP contribution < -0.4 is 10.1 Å². The van der Waals surface area contributed by atoms with Crippen molar-refractivity contribution in [3.63, 3.8) is 0 Å². The Kier molecular flexibility index (Phi) is 4.05. The third-order valence-electron chi connectivity index (χ3n) is 4.48. The minimum Gasteiger partial charge on any atom is -0.497 e. The van der Waals surface area contributed by atoms with E-state index in [0.717, 1.165) is 33.2 Å². The van der Waals surface area contributed by atoms with E-state index in [1.165, 1.54) is 0 Å². The molecule has 4 rings (SSSR count). The van der Waals surface area contributed by atoms with Gasteiger partial charge < -0.3 is 15.0 Å². The molecule has 2 heterocycles. The molecule has 130 valence electrons.